The van der Waals surface area contributed by atoms with Gasteiger partial charge in [0.15, 0.2) is 0 Å². The van der Waals surface area contributed by atoms with Gasteiger partial charge in [0, 0.05) is 25.7 Å². The van der Waals surface area contributed by atoms with Crippen LogP contribution in [0.25, 0.3) is 0 Å². The molecule has 8 nitrogen and oxygen atoms in total. The van der Waals surface area contributed by atoms with Crippen LogP contribution < -0.4 is 16.4 Å². The van der Waals surface area contributed by atoms with E-state index in [1.807, 2.05) is 17.7 Å². The maximum absolute atomic E-state index is 12.2. The molecule has 144 valence electrons. The van der Waals surface area contributed by atoms with E-state index in [2.05, 4.69) is 20.6 Å². The summed E-state index contributed by atoms with van der Waals surface area (Å²) in [5.41, 5.74) is 6.32. The molecule has 0 bridgehead atoms. The molecule has 26 heavy (non-hydrogen) atoms. The van der Waals surface area contributed by atoms with Crippen molar-refractivity contribution in [1.82, 2.24) is 20.0 Å². The number of piperidine rings is 1. The number of urea groups is 1. The van der Waals surface area contributed by atoms with Crippen LogP contribution in [-0.4, -0.2) is 52.8 Å². The molecule has 0 radical (unpaired) electrons. The van der Waals surface area contributed by atoms with Crippen molar-refractivity contribution in [3.63, 3.8) is 0 Å². The Morgan fingerprint density at radius 3 is 2.77 bits per heavy atom. The lowest BCUT2D eigenvalue weighted by atomic mass is 9.97. The number of likely N-dealkylation sites (tertiary alicyclic amines) is 1. The lowest BCUT2D eigenvalue weighted by Crippen LogP contribution is -2.44. The number of nitrogens with two attached hydrogens (primary N) is 1. The molecular weight excluding hydrogens is 332 g/mol. The highest BCUT2D eigenvalue weighted by atomic mass is 16.2. The number of aryl methyl sites for hydroxylation is 1. The van der Waals surface area contributed by atoms with Crippen molar-refractivity contribution >= 4 is 17.8 Å². The minimum Gasteiger partial charge on any atom is -0.369 e. The quantitative estimate of drug-likeness (QED) is 0.715. The molecule has 2 heterocycles. The number of primary amides is 1. The first-order valence-corrected chi connectivity index (χ1v) is 9.65. The second-order valence-electron chi connectivity index (χ2n) is 7.48. The summed E-state index contributed by atoms with van der Waals surface area (Å²) in [4.78, 5) is 25.8. The van der Waals surface area contributed by atoms with Gasteiger partial charge >= 0.3 is 6.03 Å². The molecule has 1 aromatic rings. The lowest BCUT2D eigenvalue weighted by molar-refractivity contribution is -0.123. The molecule has 3 amide bonds. The Labute approximate surface area is 154 Å². The van der Waals surface area contributed by atoms with E-state index in [1.54, 1.807) is 0 Å². The molecule has 1 aliphatic heterocycles. The normalized spacial score (nSPS) is 21.7. The number of hydrogen-bond donors (Lipinski definition) is 3. The number of hydrogen-bond acceptors (Lipinski definition) is 4. The van der Waals surface area contributed by atoms with Gasteiger partial charge in [-0.2, -0.15) is 5.10 Å². The second kappa shape index (κ2) is 8.53. The number of carbonyl (C=O) groups excluding carboxylic acids is 2. The van der Waals surface area contributed by atoms with Crippen molar-refractivity contribution in [3.05, 3.63) is 11.8 Å². The van der Waals surface area contributed by atoms with Gasteiger partial charge < -0.3 is 16.0 Å². The summed E-state index contributed by atoms with van der Waals surface area (Å²) in [5, 5.41) is 10.4. The Kier molecular flexibility index (Phi) is 6.13. The Hall–Kier alpha value is -2.09. The molecule has 0 unspecified atom stereocenters. The van der Waals surface area contributed by atoms with Gasteiger partial charge in [-0.1, -0.05) is 12.8 Å². The van der Waals surface area contributed by atoms with Crippen molar-refractivity contribution in [2.24, 2.45) is 11.7 Å². The van der Waals surface area contributed by atoms with E-state index in [0.29, 0.717) is 19.1 Å². The molecule has 1 saturated heterocycles. The van der Waals surface area contributed by atoms with Crippen LogP contribution in [0.1, 0.15) is 50.3 Å². The van der Waals surface area contributed by atoms with Gasteiger partial charge in [-0.05, 0) is 39.2 Å². The average molecular weight is 362 g/mol. The van der Waals surface area contributed by atoms with Crippen molar-refractivity contribution in [2.45, 2.75) is 51.5 Å². The largest absolute Gasteiger partial charge is 0.369 e. The summed E-state index contributed by atoms with van der Waals surface area (Å²) >= 11 is 0. The van der Waals surface area contributed by atoms with Gasteiger partial charge in [-0.25, -0.2) is 9.48 Å². The van der Waals surface area contributed by atoms with Gasteiger partial charge in [-0.3, -0.25) is 10.1 Å². The highest BCUT2D eigenvalue weighted by Crippen LogP contribution is 2.31. The lowest BCUT2D eigenvalue weighted by Gasteiger charge is -2.31. The van der Waals surface area contributed by atoms with Gasteiger partial charge in [0.2, 0.25) is 5.91 Å². The van der Waals surface area contributed by atoms with Crippen LogP contribution in [-0.2, 0) is 4.79 Å². The van der Waals surface area contributed by atoms with E-state index in [-0.39, 0.29) is 17.9 Å². The van der Waals surface area contributed by atoms with Crippen LogP contribution in [0.5, 0.6) is 0 Å². The fraction of sp³-hybridized carbons (Fsp3) is 0.722. The van der Waals surface area contributed by atoms with E-state index in [1.165, 1.54) is 12.8 Å². The molecule has 2 aliphatic rings. The Balaban J connectivity index is 1.45. The van der Waals surface area contributed by atoms with Crippen molar-refractivity contribution in [2.75, 3.05) is 31.5 Å². The number of anilines is 1. The topological polar surface area (TPSA) is 105 Å². The summed E-state index contributed by atoms with van der Waals surface area (Å²) < 4.78 is 1.96. The van der Waals surface area contributed by atoms with E-state index >= 15 is 0 Å². The predicted octanol–water partition coefficient (Wildman–Crippen LogP) is 1.63. The van der Waals surface area contributed by atoms with Gasteiger partial charge in [0.05, 0.1) is 17.7 Å². The predicted molar refractivity (Wildman–Crippen MR) is 99.8 cm³/mol. The van der Waals surface area contributed by atoms with Crippen LogP contribution in [0.3, 0.4) is 0 Å². The van der Waals surface area contributed by atoms with Crippen LogP contribution >= 0.6 is 0 Å². The van der Waals surface area contributed by atoms with Crippen molar-refractivity contribution in [1.29, 1.82) is 0 Å². The molecule has 1 atom stereocenters. The van der Waals surface area contributed by atoms with E-state index in [4.69, 9.17) is 5.73 Å². The summed E-state index contributed by atoms with van der Waals surface area (Å²) in [5.74, 6) is 0.468. The smallest absolute Gasteiger partial charge is 0.320 e. The van der Waals surface area contributed by atoms with Crippen LogP contribution in [0.2, 0.25) is 0 Å². The van der Waals surface area contributed by atoms with E-state index in [9.17, 15) is 9.59 Å². The Morgan fingerprint density at radius 1 is 1.27 bits per heavy atom. The monoisotopic (exact) mass is 362 g/mol. The first kappa shape index (κ1) is 18.7. The highest BCUT2D eigenvalue weighted by molar-refractivity contribution is 5.88. The van der Waals surface area contributed by atoms with Crippen molar-refractivity contribution < 1.29 is 9.59 Å². The summed E-state index contributed by atoms with van der Waals surface area (Å²) in [6.07, 6.45) is 6.51. The van der Waals surface area contributed by atoms with E-state index < -0.39 is 0 Å². The maximum Gasteiger partial charge on any atom is 0.320 e. The number of rotatable bonds is 6. The molecule has 1 saturated carbocycles. The molecule has 1 aliphatic carbocycles. The molecule has 2 fully saturated rings. The van der Waals surface area contributed by atoms with Gasteiger partial charge in [-0.15, -0.1) is 0 Å². The zero-order chi connectivity index (χ0) is 18.5. The zero-order valence-electron chi connectivity index (χ0n) is 15.5. The van der Waals surface area contributed by atoms with E-state index in [0.717, 1.165) is 50.3 Å². The molecule has 0 spiro atoms. The van der Waals surface area contributed by atoms with Gasteiger partial charge in [0.1, 0.15) is 5.82 Å². The standard InChI is InChI=1S/C18H30N6O2/c1-13-11-16(24(22-13)15-6-2-3-7-15)21-18(26)20-8-10-23-9-4-5-14(12-23)17(19)25/h11,14-15H,2-10,12H2,1H3,(H2,19,25)(H2,20,21,26)/t14-/m0/s1. The fourth-order valence-electron chi connectivity index (χ4n) is 4.02. The molecular formula is C18H30N6O2. The van der Waals surface area contributed by atoms with Crippen LogP contribution in [0.15, 0.2) is 6.07 Å². The molecule has 3 rings (SSSR count). The third kappa shape index (κ3) is 4.75. The summed E-state index contributed by atoms with van der Waals surface area (Å²) in [7, 11) is 0. The molecule has 0 aromatic carbocycles. The second-order valence-corrected chi connectivity index (χ2v) is 7.48. The van der Waals surface area contributed by atoms with Crippen LogP contribution in [0.4, 0.5) is 10.6 Å². The SMILES string of the molecule is Cc1cc(NC(=O)NCCN2CCC[C@H](C(N)=O)C2)n(C2CCCC2)n1. The molecule has 8 heteroatoms. The fourth-order valence-corrected chi connectivity index (χ4v) is 4.02. The van der Waals surface area contributed by atoms with Gasteiger partial charge in [0.25, 0.3) is 0 Å². The zero-order valence-corrected chi connectivity index (χ0v) is 15.5. The minimum atomic E-state index is -0.226. The number of aromatic nitrogens is 2. The minimum absolute atomic E-state index is 0.0682. The average Bonchev–Trinajstić information content (AvgIpc) is 3.24. The first-order valence-electron chi connectivity index (χ1n) is 9.65. The third-order valence-electron chi connectivity index (χ3n) is 5.39. The number of amides is 3. The number of carbonyl (C=O) groups is 2. The summed E-state index contributed by atoms with van der Waals surface area (Å²) in [6, 6.07) is 2.09. The van der Waals surface area contributed by atoms with Crippen molar-refractivity contribution in [3.8, 4) is 0 Å². The highest BCUT2D eigenvalue weighted by Gasteiger charge is 2.24. The third-order valence-corrected chi connectivity index (χ3v) is 5.39. The molecule has 1 aromatic heterocycles. The number of nitrogens with zero attached hydrogens (tertiary/aromatic N) is 3. The number of nitrogens with one attached hydrogen (secondary N) is 2. The summed E-state index contributed by atoms with van der Waals surface area (Å²) in [6.45, 7) is 4.83. The molecule has 4 N–H and O–H groups in total. The van der Waals surface area contributed by atoms with Crippen LogP contribution in [0, 0.1) is 12.8 Å². The maximum atomic E-state index is 12.2. The Bertz CT molecular complexity index is 638. The first-order chi connectivity index (χ1) is 12.5. The Morgan fingerprint density at radius 2 is 2.04 bits per heavy atom.